The minimum Gasteiger partial charge on any atom is -0.493 e. The highest BCUT2D eigenvalue weighted by molar-refractivity contribution is 6.30. The molecular weight excluding hydrogens is 442 g/mol. The van der Waals surface area contributed by atoms with Gasteiger partial charge in [-0.25, -0.2) is 0 Å². The Hall–Kier alpha value is -3.03. The zero-order valence-corrected chi connectivity index (χ0v) is 19.8. The lowest BCUT2D eigenvalue weighted by atomic mass is 9.95. The Morgan fingerprint density at radius 2 is 1.88 bits per heavy atom. The van der Waals surface area contributed by atoms with Crippen LogP contribution in [-0.2, 0) is 4.74 Å². The topological polar surface area (TPSA) is 76.7 Å². The van der Waals surface area contributed by atoms with Crippen LogP contribution in [-0.4, -0.2) is 55.0 Å². The Bertz CT molecular complexity index is 1110. The van der Waals surface area contributed by atoms with E-state index in [0.29, 0.717) is 42.0 Å². The van der Waals surface area contributed by atoms with E-state index in [2.05, 4.69) is 17.1 Å². The van der Waals surface area contributed by atoms with Gasteiger partial charge in [0.2, 0.25) is 0 Å². The lowest BCUT2D eigenvalue weighted by molar-refractivity contribution is 0.0677. The van der Waals surface area contributed by atoms with Gasteiger partial charge in [0.15, 0.2) is 11.5 Å². The molecule has 4 rings (SSSR count). The van der Waals surface area contributed by atoms with Gasteiger partial charge in [-0.1, -0.05) is 43.1 Å². The second kappa shape index (κ2) is 10.3. The molecule has 0 radical (unpaired) electrons. The zero-order chi connectivity index (χ0) is 23.4. The number of unbranched alkanes of at least 4 members (excludes halogenated alkanes) is 1. The minimum atomic E-state index is -0.342. The molecule has 3 aromatic rings. The number of benzene rings is 2. The molecule has 1 unspecified atom stereocenters. The number of nitrogens with one attached hydrogen (secondary N) is 1. The number of fused-ring (bicyclic) bond motifs is 1. The number of halogens is 1. The molecule has 7 nitrogen and oxygen atoms in total. The fraction of sp³-hybridized carbons (Fsp3) is 0.360. The van der Waals surface area contributed by atoms with Gasteiger partial charge in [-0.05, 0) is 36.2 Å². The Balaban J connectivity index is 1.78. The van der Waals surface area contributed by atoms with Crippen LogP contribution in [0.25, 0.3) is 11.3 Å². The highest BCUT2D eigenvalue weighted by Crippen LogP contribution is 2.44. The highest BCUT2D eigenvalue weighted by atomic mass is 35.5. The molecule has 1 aromatic heterocycles. The first-order valence-electron chi connectivity index (χ1n) is 11.0. The Morgan fingerprint density at radius 3 is 2.58 bits per heavy atom. The van der Waals surface area contributed by atoms with Crippen molar-refractivity contribution >= 4 is 17.5 Å². The van der Waals surface area contributed by atoms with Crippen LogP contribution in [0.15, 0.2) is 42.5 Å². The van der Waals surface area contributed by atoms with Crippen LogP contribution >= 0.6 is 11.6 Å². The first-order chi connectivity index (χ1) is 16.1. The molecule has 1 aliphatic rings. The Labute approximate surface area is 198 Å². The third kappa shape index (κ3) is 4.56. The molecule has 2 aromatic carbocycles. The summed E-state index contributed by atoms with van der Waals surface area (Å²) < 4.78 is 16.8. The lowest BCUT2D eigenvalue weighted by Gasteiger charge is -2.26. The predicted molar refractivity (Wildman–Crippen MR) is 127 cm³/mol. The van der Waals surface area contributed by atoms with Crippen LogP contribution in [0.5, 0.6) is 11.5 Å². The number of nitrogens with zero attached hydrogens (tertiary/aromatic N) is 2. The van der Waals surface area contributed by atoms with Crippen LogP contribution in [0.4, 0.5) is 0 Å². The van der Waals surface area contributed by atoms with Gasteiger partial charge >= 0.3 is 0 Å². The summed E-state index contributed by atoms with van der Waals surface area (Å²) in [5.74, 6) is 1.21. The minimum absolute atomic E-state index is 0.109. The number of aromatic amines is 1. The third-order valence-corrected chi connectivity index (χ3v) is 6.03. The van der Waals surface area contributed by atoms with Crippen molar-refractivity contribution in [3.63, 3.8) is 0 Å². The van der Waals surface area contributed by atoms with Gasteiger partial charge in [0.05, 0.1) is 32.1 Å². The van der Waals surface area contributed by atoms with E-state index in [1.165, 1.54) is 0 Å². The number of rotatable bonds is 10. The van der Waals surface area contributed by atoms with E-state index in [9.17, 15) is 4.79 Å². The molecule has 1 atom stereocenters. The van der Waals surface area contributed by atoms with Crippen molar-refractivity contribution < 1.29 is 19.0 Å². The van der Waals surface area contributed by atoms with Gasteiger partial charge < -0.3 is 19.1 Å². The van der Waals surface area contributed by atoms with Crippen LogP contribution in [0, 0.1) is 0 Å². The quantitative estimate of drug-likeness (QED) is 0.417. The van der Waals surface area contributed by atoms with Crippen LogP contribution in [0.3, 0.4) is 0 Å². The fourth-order valence-corrected chi connectivity index (χ4v) is 4.22. The Morgan fingerprint density at radius 1 is 1.09 bits per heavy atom. The molecule has 2 heterocycles. The first-order valence-corrected chi connectivity index (χ1v) is 11.4. The van der Waals surface area contributed by atoms with E-state index in [4.69, 9.17) is 25.8 Å². The van der Waals surface area contributed by atoms with E-state index in [1.54, 1.807) is 19.1 Å². The van der Waals surface area contributed by atoms with Crippen molar-refractivity contribution in [1.82, 2.24) is 15.1 Å². The maximum absolute atomic E-state index is 13.3. The predicted octanol–water partition coefficient (Wildman–Crippen LogP) is 5.11. The average Bonchev–Trinajstić information content (AvgIpc) is 3.37. The van der Waals surface area contributed by atoms with E-state index >= 15 is 0 Å². The molecule has 0 bridgehead atoms. The molecule has 0 saturated carbocycles. The summed E-state index contributed by atoms with van der Waals surface area (Å²) in [5.41, 5.74) is 3.84. The molecule has 1 aliphatic heterocycles. The summed E-state index contributed by atoms with van der Waals surface area (Å²) >= 11 is 6.08. The smallest absolute Gasteiger partial charge is 0.273 e. The normalized spacial score (nSPS) is 15.1. The zero-order valence-electron chi connectivity index (χ0n) is 19.1. The largest absolute Gasteiger partial charge is 0.493 e. The fourth-order valence-electron chi connectivity index (χ4n) is 4.09. The molecule has 1 amide bonds. The first kappa shape index (κ1) is 23.1. The van der Waals surface area contributed by atoms with Gasteiger partial charge in [0.25, 0.3) is 5.91 Å². The van der Waals surface area contributed by atoms with Crippen LogP contribution in [0.2, 0.25) is 5.02 Å². The number of carbonyl (C=O) groups is 1. The van der Waals surface area contributed by atoms with Crippen molar-refractivity contribution in [2.24, 2.45) is 0 Å². The summed E-state index contributed by atoms with van der Waals surface area (Å²) in [7, 11) is 3.25. The van der Waals surface area contributed by atoms with Crippen molar-refractivity contribution in [1.29, 1.82) is 0 Å². The number of carbonyl (C=O) groups excluding carboxylic acids is 1. The summed E-state index contributed by atoms with van der Waals surface area (Å²) in [6.07, 6.45) is 2.02. The monoisotopic (exact) mass is 469 g/mol. The van der Waals surface area contributed by atoms with Crippen molar-refractivity contribution in [3.05, 3.63) is 64.3 Å². The molecule has 1 N–H and O–H groups in total. The number of hydrogen-bond donors (Lipinski definition) is 1. The molecule has 0 fully saturated rings. The van der Waals surface area contributed by atoms with E-state index in [-0.39, 0.29) is 11.9 Å². The molecular formula is C25H28ClN3O4. The third-order valence-electron chi connectivity index (χ3n) is 5.78. The number of H-pyrrole nitrogens is 1. The standard InChI is InChI=1S/C25H28ClN3O4/c1-4-5-13-33-19-11-8-17(15-20(19)32-3)24-21-22(16-6-9-18(26)10-7-16)27-28-23(21)25(30)29(24)12-14-31-2/h6-11,15,24H,4-5,12-14H2,1-3H3,(H,27,28). The SMILES string of the molecule is CCCCOc1ccc(C2c3c(-c4ccc(Cl)cc4)n[nH]c3C(=O)N2CCOC)cc1OC. The van der Waals surface area contributed by atoms with E-state index < -0.39 is 0 Å². The van der Waals surface area contributed by atoms with Gasteiger partial charge in [0, 0.05) is 29.8 Å². The van der Waals surface area contributed by atoms with Crippen LogP contribution < -0.4 is 9.47 Å². The molecule has 33 heavy (non-hydrogen) atoms. The van der Waals surface area contributed by atoms with Crippen molar-refractivity contribution in [2.45, 2.75) is 25.8 Å². The second-order valence-electron chi connectivity index (χ2n) is 7.87. The van der Waals surface area contributed by atoms with Crippen molar-refractivity contribution in [2.75, 3.05) is 34.0 Å². The van der Waals surface area contributed by atoms with Gasteiger partial charge in [0.1, 0.15) is 5.69 Å². The number of methoxy groups -OCH3 is 2. The molecule has 8 heteroatoms. The number of aromatic nitrogens is 2. The molecule has 0 aliphatic carbocycles. The second-order valence-corrected chi connectivity index (χ2v) is 8.31. The van der Waals surface area contributed by atoms with Crippen molar-refractivity contribution in [3.8, 4) is 22.8 Å². The maximum Gasteiger partial charge on any atom is 0.273 e. The van der Waals surface area contributed by atoms with Crippen LogP contribution in [0.1, 0.15) is 47.4 Å². The summed E-state index contributed by atoms with van der Waals surface area (Å²) in [4.78, 5) is 15.1. The van der Waals surface area contributed by atoms with E-state index in [1.807, 2.05) is 42.5 Å². The summed E-state index contributed by atoms with van der Waals surface area (Å²) in [6, 6.07) is 12.9. The number of hydrogen-bond acceptors (Lipinski definition) is 5. The number of ether oxygens (including phenoxy) is 3. The molecule has 174 valence electrons. The lowest BCUT2D eigenvalue weighted by Crippen LogP contribution is -2.32. The number of amides is 1. The highest BCUT2D eigenvalue weighted by Gasteiger charge is 2.42. The Kier molecular flexibility index (Phi) is 7.20. The van der Waals surface area contributed by atoms with E-state index in [0.717, 1.165) is 35.2 Å². The maximum atomic E-state index is 13.3. The van der Waals surface area contributed by atoms with Gasteiger partial charge in [-0.2, -0.15) is 5.10 Å². The molecule has 0 saturated heterocycles. The van der Waals surface area contributed by atoms with Gasteiger partial charge in [-0.15, -0.1) is 0 Å². The average molecular weight is 470 g/mol. The van der Waals surface area contributed by atoms with Gasteiger partial charge in [-0.3, -0.25) is 9.89 Å². The molecule has 0 spiro atoms. The summed E-state index contributed by atoms with van der Waals surface area (Å²) in [5, 5.41) is 8.09. The summed E-state index contributed by atoms with van der Waals surface area (Å²) in [6.45, 7) is 3.61.